The average Bonchev–Trinajstić information content (AvgIpc) is 3.15. The number of hydrogen-bond acceptors (Lipinski definition) is 3. The summed E-state index contributed by atoms with van der Waals surface area (Å²) in [6.45, 7) is 2.05. The number of nitrogens with zero attached hydrogens (tertiary/aromatic N) is 3. The Labute approximate surface area is 137 Å². The average molecular weight is 303 g/mol. The molecule has 0 bridgehead atoms. The van der Waals surface area contributed by atoms with Crippen LogP contribution >= 0.6 is 0 Å². The summed E-state index contributed by atoms with van der Waals surface area (Å²) in [7, 11) is 0. The van der Waals surface area contributed by atoms with Gasteiger partial charge in [0.1, 0.15) is 11.9 Å². The third kappa shape index (κ3) is 2.49. The van der Waals surface area contributed by atoms with E-state index < -0.39 is 0 Å². The van der Waals surface area contributed by atoms with Crippen molar-refractivity contribution in [2.75, 3.05) is 18.0 Å². The van der Waals surface area contributed by atoms with Gasteiger partial charge in [0, 0.05) is 18.7 Å². The maximum Gasteiger partial charge on any atom is 0.147 e. The Morgan fingerprint density at radius 2 is 1.61 bits per heavy atom. The fourth-order valence-electron chi connectivity index (χ4n) is 3.92. The molecule has 0 radical (unpaired) electrons. The lowest BCUT2D eigenvalue weighted by Gasteiger charge is -2.26. The van der Waals surface area contributed by atoms with Crippen molar-refractivity contribution >= 4 is 5.82 Å². The Balaban J connectivity index is 1.95. The molecular formula is C20H21N3. The zero-order valence-corrected chi connectivity index (χ0v) is 13.4. The Morgan fingerprint density at radius 3 is 2.30 bits per heavy atom. The van der Waals surface area contributed by atoms with E-state index in [1.165, 1.54) is 42.4 Å². The van der Waals surface area contributed by atoms with Crippen LogP contribution in [0.3, 0.4) is 0 Å². The number of aromatic nitrogens is 1. The maximum atomic E-state index is 9.78. The van der Waals surface area contributed by atoms with Gasteiger partial charge in [-0.1, -0.05) is 30.3 Å². The molecule has 0 N–H and O–H groups in total. The monoisotopic (exact) mass is 303 g/mol. The number of hydrogen-bond donors (Lipinski definition) is 0. The van der Waals surface area contributed by atoms with Gasteiger partial charge in [0.15, 0.2) is 0 Å². The van der Waals surface area contributed by atoms with Gasteiger partial charge in [-0.2, -0.15) is 5.26 Å². The zero-order valence-electron chi connectivity index (χ0n) is 13.4. The van der Waals surface area contributed by atoms with Crippen molar-refractivity contribution in [3.05, 3.63) is 47.0 Å². The Bertz CT molecular complexity index is 753. The van der Waals surface area contributed by atoms with Gasteiger partial charge in [0.2, 0.25) is 0 Å². The van der Waals surface area contributed by atoms with Crippen LogP contribution in [-0.4, -0.2) is 18.1 Å². The zero-order chi connectivity index (χ0) is 15.6. The highest BCUT2D eigenvalue weighted by atomic mass is 15.2. The number of rotatable bonds is 2. The molecule has 3 nitrogen and oxygen atoms in total. The first-order valence-corrected chi connectivity index (χ1v) is 8.64. The Morgan fingerprint density at radius 1 is 0.913 bits per heavy atom. The van der Waals surface area contributed by atoms with E-state index in [2.05, 4.69) is 35.2 Å². The number of pyridine rings is 1. The fraction of sp³-hybridized carbons (Fsp3) is 0.400. The number of nitriles is 1. The van der Waals surface area contributed by atoms with Crippen LogP contribution in [0.25, 0.3) is 11.3 Å². The lowest BCUT2D eigenvalue weighted by Crippen LogP contribution is -2.23. The molecule has 1 aromatic heterocycles. The molecule has 1 aromatic carbocycles. The van der Waals surface area contributed by atoms with Gasteiger partial charge in [-0.15, -0.1) is 0 Å². The molecule has 0 unspecified atom stereocenters. The summed E-state index contributed by atoms with van der Waals surface area (Å²) in [6.07, 6.45) is 6.83. The highest BCUT2D eigenvalue weighted by molar-refractivity contribution is 5.72. The summed E-state index contributed by atoms with van der Waals surface area (Å²) in [5.74, 6) is 0.921. The molecular weight excluding hydrogens is 282 g/mol. The first-order valence-electron chi connectivity index (χ1n) is 8.64. The fourth-order valence-corrected chi connectivity index (χ4v) is 3.92. The van der Waals surface area contributed by atoms with E-state index in [-0.39, 0.29) is 0 Å². The number of anilines is 1. The van der Waals surface area contributed by atoms with Crippen LogP contribution in [-0.2, 0) is 12.8 Å². The number of benzene rings is 1. The van der Waals surface area contributed by atoms with E-state index in [1.807, 2.05) is 6.07 Å². The van der Waals surface area contributed by atoms with Crippen LogP contribution in [0.4, 0.5) is 5.82 Å². The van der Waals surface area contributed by atoms with Gasteiger partial charge in [0.05, 0.1) is 11.3 Å². The topological polar surface area (TPSA) is 39.9 Å². The lowest BCUT2D eigenvalue weighted by atomic mass is 9.86. The minimum Gasteiger partial charge on any atom is -0.355 e. The second-order valence-corrected chi connectivity index (χ2v) is 6.50. The minimum atomic E-state index is 0.835. The van der Waals surface area contributed by atoms with Gasteiger partial charge in [-0.25, -0.2) is 4.98 Å². The van der Waals surface area contributed by atoms with Crippen molar-refractivity contribution in [2.24, 2.45) is 0 Å². The molecule has 2 aliphatic rings. The molecule has 4 rings (SSSR count). The SMILES string of the molecule is N#Cc1c(N2CCCC2)nc(-c2ccccc2)c2c1CCCC2. The summed E-state index contributed by atoms with van der Waals surface area (Å²) in [5, 5.41) is 9.78. The van der Waals surface area contributed by atoms with Crippen LogP contribution in [0.15, 0.2) is 30.3 Å². The predicted molar refractivity (Wildman–Crippen MR) is 92.5 cm³/mol. The molecule has 0 saturated carbocycles. The molecule has 2 heterocycles. The van der Waals surface area contributed by atoms with Crippen LogP contribution in [0.5, 0.6) is 0 Å². The highest BCUT2D eigenvalue weighted by Crippen LogP contribution is 2.37. The van der Waals surface area contributed by atoms with Crippen LogP contribution in [0, 0.1) is 11.3 Å². The van der Waals surface area contributed by atoms with Crippen molar-refractivity contribution in [1.82, 2.24) is 4.98 Å². The maximum absolute atomic E-state index is 9.78. The van der Waals surface area contributed by atoms with E-state index in [1.54, 1.807) is 0 Å². The summed E-state index contributed by atoms with van der Waals surface area (Å²) in [5.41, 5.74) is 5.68. The quantitative estimate of drug-likeness (QED) is 0.838. The van der Waals surface area contributed by atoms with Gasteiger partial charge in [0.25, 0.3) is 0 Å². The van der Waals surface area contributed by atoms with E-state index in [4.69, 9.17) is 4.98 Å². The van der Waals surface area contributed by atoms with E-state index >= 15 is 0 Å². The molecule has 116 valence electrons. The molecule has 1 aliphatic heterocycles. The highest BCUT2D eigenvalue weighted by Gasteiger charge is 2.26. The van der Waals surface area contributed by atoms with E-state index in [0.717, 1.165) is 43.0 Å². The Hall–Kier alpha value is -2.34. The van der Waals surface area contributed by atoms with Crippen LogP contribution in [0.2, 0.25) is 0 Å². The molecule has 1 fully saturated rings. The Kier molecular flexibility index (Phi) is 3.75. The van der Waals surface area contributed by atoms with Crippen LogP contribution < -0.4 is 4.90 Å². The van der Waals surface area contributed by atoms with Gasteiger partial charge in [-0.05, 0) is 49.7 Å². The van der Waals surface area contributed by atoms with Crippen molar-refractivity contribution in [2.45, 2.75) is 38.5 Å². The number of fused-ring (bicyclic) bond motifs is 1. The molecule has 2 aromatic rings. The first-order chi connectivity index (χ1) is 11.4. The van der Waals surface area contributed by atoms with Gasteiger partial charge < -0.3 is 4.90 Å². The summed E-state index contributed by atoms with van der Waals surface area (Å²) >= 11 is 0. The van der Waals surface area contributed by atoms with Crippen LogP contribution in [0.1, 0.15) is 42.4 Å². The summed E-state index contributed by atoms with van der Waals surface area (Å²) in [6, 6.07) is 12.9. The van der Waals surface area contributed by atoms with Gasteiger partial charge >= 0.3 is 0 Å². The third-order valence-electron chi connectivity index (χ3n) is 5.06. The molecule has 0 atom stereocenters. The first kappa shape index (κ1) is 14.3. The molecule has 0 spiro atoms. The lowest BCUT2D eigenvalue weighted by molar-refractivity contribution is 0.681. The minimum absolute atomic E-state index is 0.835. The van der Waals surface area contributed by atoms with Crippen molar-refractivity contribution < 1.29 is 0 Å². The summed E-state index contributed by atoms with van der Waals surface area (Å²) < 4.78 is 0. The van der Waals surface area contributed by atoms with E-state index in [0.29, 0.717) is 0 Å². The standard InChI is InChI=1S/C20H21N3/c21-14-18-16-10-4-5-11-17(16)19(15-8-2-1-3-9-15)22-20(18)23-12-6-7-13-23/h1-3,8-9H,4-7,10-13H2. The third-order valence-corrected chi connectivity index (χ3v) is 5.06. The second-order valence-electron chi connectivity index (χ2n) is 6.50. The molecule has 1 aliphatic carbocycles. The largest absolute Gasteiger partial charge is 0.355 e. The van der Waals surface area contributed by atoms with Crippen molar-refractivity contribution in [3.63, 3.8) is 0 Å². The van der Waals surface area contributed by atoms with Crippen molar-refractivity contribution in [1.29, 1.82) is 5.26 Å². The predicted octanol–water partition coefficient (Wildman–Crippen LogP) is 4.10. The molecule has 1 saturated heterocycles. The van der Waals surface area contributed by atoms with E-state index in [9.17, 15) is 5.26 Å². The second kappa shape index (κ2) is 6.04. The molecule has 3 heteroatoms. The summed E-state index contributed by atoms with van der Waals surface area (Å²) in [4.78, 5) is 7.32. The van der Waals surface area contributed by atoms with Crippen molar-refractivity contribution in [3.8, 4) is 17.3 Å². The smallest absolute Gasteiger partial charge is 0.147 e. The van der Waals surface area contributed by atoms with Gasteiger partial charge in [-0.3, -0.25) is 0 Å². The molecule has 0 amide bonds. The normalized spacial score (nSPS) is 16.9. The molecule has 23 heavy (non-hydrogen) atoms.